The zero-order valence-corrected chi connectivity index (χ0v) is 19.4. The molecule has 0 spiro atoms. The number of hydrogen-bond donors (Lipinski definition) is 0. The van der Waals surface area contributed by atoms with Crippen molar-refractivity contribution in [2.45, 2.75) is 0 Å². The van der Waals surface area contributed by atoms with Gasteiger partial charge in [-0.05, 0) is 53.1 Å². The van der Waals surface area contributed by atoms with Gasteiger partial charge in [-0.25, -0.2) is 4.79 Å². The first-order valence-corrected chi connectivity index (χ1v) is 11.0. The van der Waals surface area contributed by atoms with Gasteiger partial charge in [0.1, 0.15) is 5.75 Å². The zero-order chi connectivity index (χ0) is 24.6. The minimum absolute atomic E-state index is 0.0893. The lowest BCUT2D eigenvalue weighted by Crippen LogP contribution is -2.08. The van der Waals surface area contributed by atoms with Crippen molar-refractivity contribution in [2.75, 3.05) is 14.2 Å². The van der Waals surface area contributed by atoms with Gasteiger partial charge in [0.15, 0.2) is 17.3 Å². The molecule has 0 aromatic heterocycles. The number of ketones is 1. The lowest BCUT2D eigenvalue weighted by atomic mass is 10.0. The number of methoxy groups -OCH3 is 2. The van der Waals surface area contributed by atoms with Crippen LogP contribution < -0.4 is 14.2 Å². The molecule has 0 aliphatic heterocycles. The van der Waals surface area contributed by atoms with Gasteiger partial charge < -0.3 is 14.2 Å². The highest BCUT2D eigenvalue weighted by atomic mass is 16.5. The van der Waals surface area contributed by atoms with Crippen LogP contribution in [-0.2, 0) is 0 Å². The maximum atomic E-state index is 12.6. The first kappa shape index (κ1) is 23.5. The van der Waals surface area contributed by atoms with E-state index in [1.165, 1.54) is 20.3 Å². The van der Waals surface area contributed by atoms with Gasteiger partial charge in [-0.15, -0.1) is 0 Å². The SMILES string of the molecule is COc1ccc(C(=O)Oc2ccc(C=CC(=O)c3ccc(-c4ccccc4)cc3)cc2)cc1OC. The molecule has 0 saturated carbocycles. The summed E-state index contributed by atoms with van der Waals surface area (Å²) in [6, 6.07) is 29.3. The van der Waals surface area contributed by atoms with E-state index >= 15 is 0 Å². The number of ether oxygens (including phenoxy) is 3. The number of hydrogen-bond acceptors (Lipinski definition) is 5. The Morgan fingerprint density at radius 1 is 0.657 bits per heavy atom. The number of allylic oxidation sites excluding steroid dienone is 1. The molecule has 174 valence electrons. The molecule has 4 aromatic rings. The molecule has 0 aliphatic rings. The molecule has 4 rings (SSSR count). The van der Waals surface area contributed by atoms with E-state index in [1.807, 2.05) is 54.6 Å². The van der Waals surface area contributed by atoms with Crippen LogP contribution in [0.4, 0.5) is 0 Å². The molecule has 5 heteroatoms. The molecule has 0 aliphatic carbocycles. The van der Waals surface area contributed by atoms with E-state index in [1.54, 1.807) is 48.5 Å². The topological polar surface area (TPSA) is 61.8 Å². The highest BCUT2D eigenvalue weighted by molar-refractivity contribution is 6.07. The second-order valence-electron chi connectivity index (χ2n) is 7.67. The standard InChI is InChI=1S/C30H24O5/c1-33-28-19-15-25(20-29(28)34-2)30(32)35-26-16-8-21(9-17-26)10-18-27(31)24-13-11-23(12-14-24)22-6-4-3-5-7-22/h3-20H,1-2H3. The van der Waals surface area contributed by atoms with Crippen molar-refractivity contribution in [1.29, 1.82) is 0 Å². The van der Waals surface area contributed by atoms with Crippen molar-refractivity contribution in [3.05, 3.63) is 120 Å². The van der Waals surface area contributed by atoms with Crippen LogP contribution in [0.15, 0.2) is 103 Å². The highest BCUT2D eigenvalue weighted by Crippen LogP contribution is 2.28. The van der Waals surface area contributed by atoms with E-state index in [0.29, 0.717) is 28.4 Å². The number of benzene rings is 4. The molecule has 0 atom stereocenters. The molecule has 35 heavy (non-hydrogen) atoms. The average molecular weight is 465 g/mol. The Morgan fingerprint density at radius 2 is 1.29 bits per heavy atom. The molecule has 0 N–H and O–H groups in total. The lowest BCUT2D eigenvalue weighted by molar-refractivity contribution is 0.0734. The third kappa shape index (κ3) is 5.84. The number of esters is 1. The minimum Gasteiger partial charge on any atom is -0.493 e. The van der Waals surface area contributed by atoms with Gasteiger partial charge in [0.25, 0.3) is 0 Å². The number of rotatable bonds is 8. The molecule has 0 unspecified atom stereocenters. The Balaban J connectivity index is 1.37. The molecular formula is C30H24O5. The van der Waals surface area contributed by atoms with Crippen molar-refractivity contribution in [2.24, 2.45) is 0 Å². The Morgan fingerprint density at radius 3 is 1.94 bits per heavy atom. The number of carbonyl (C=O) groups excluding carboxylic acids is 2. The van der Waals surface area contributed by atoms with Crippen LogP contribution in [0.3, 0.4) is 0 Å². The summed E-state index contributed by atoms with van der Waals surface area (Å²) in [5.74, 6) is 0.769. The van der Waals surface area contributed by atoms with E-state index in [4.69, 9.17) is 14.2 Å². The van der Waals surface area contributed by atoms with Crippen LogP contribution in [0.1, 0.15) is 26.3 Å². The summed E-state index contributed by atoms with van der Waals surface area (Å²) in [6.07, 6.45) is 3.26. The normalized spacial score (nSPS) is 10.7. The Labute approximate surface area is 204 Å². The van der Waals surface area contributed by atoms with Crippen LogP contribution in [0.5, 0.6) is 17.2 Å². The maximum absolute atomic E-state index is 12.6. The molecule has 0 radical (unpaired) electrons. The number of carbonyl (C=O) groups is 2. The van der Waals surface area contributed by atoms with Crippen LogP contribution in [0.2, 0.25) is 0 Å². The molecular weight excluding hydrogens is 440 g/mol. The monoisotopic (exact) mass is 464 g/mol. The Kier molecular flexibility index (Phi) is 7.38. The highest BCUT2D eigenvalue weighted by Gasteiger charge is 2.13. The fourth-order valence-electron chi connectivity index (χ4n) is 3.50. The van der Waals surface area contributed by atoms with Crippen LogP contribution >= 0.6 is 0 Å². The quantitative estimate of drug-likeness (QED) is 0.129. The van der Waals surface area contributed by atoms with Gasteiger partial charge in [-0.1, -0.05) is 72.8 Å². The van der Waals surface area contributed by atoms with Crippen molar-refractivity contribution in [1.82, 2.24) is 0 Å². The fraction of sp³-hybridized carbons (Fsp3) is 0.0667. The second kappa shape index (κ2) is 11.0. The predicted octanol–water partition coefficient (Wildman–Crippen LogP) is 6.49. The molecule has 0 heterocycles. The van der Waals surface area contributed by atoms with E-state index in [9.17, 15) is 9.59 Å². The molecule has 4 aromatic carbocycles. The van der Waals surface area contributed by atoms with Gasteiger partial charge in [0.2, 0.25) is 0 Å². The van der Waals surface area contributed by atoms with Crippen molar-refractivity contribution >= 4 is 17.8 Å². The van der Waals surface area contributed by atoms with Gasteiger partial charge in [-0.2, -0.15) is 0 Å². The lowest BCUT2D eigenvalue weighted by Gasteiger charge is -2.09. The second-order valence-corrected chi connectivity index (χ2v) is 7.67. The Bertz CT molecular complexity index is 1340. The first-order chi connectivity index (χ1) is 17.1. The summed E-state index contributed by atoms with van der Waals surface area (Å²) in [5.41, 5.74) is 3.93. The van der Waals surface area contributed by atoms with Crippen molar-refractivity contribution < 1.29 is 23.8 Å². The van der Waals surface area contributed by atoms with Crippen molar-refractivity contribution in [3.63, 3.8) is 0 Å². The van der Waals surface area contributed by atoms with Crippen LogP contribution in [0.25, 0.3) is 17.2 Å². The minimum atomic E-state index is -0.511. The van der Waals surface area contributed by atoms with E-state index in [0.717, 1.165) is 16.7 Å². The van der Waals surface area contributed by atoms with Gasteiger partial charge in [0, 0.05) is 5.56 Å². The molecule has 0 fully saturated rings. The Hall–Kier alpha value is -4.64. The molecule has 5 nitrogen and oxygen atoms in total. The molecule has 0 bridgehead atoms. The summed E-state index contributed by atoms with van der Waals surface area (Å²) in [7, 11) is 3.03. The fourth-order valence-corrected chi connectivity index (χ4v) is 3.50. The summed E-state index contributed by atoms with van der Waals surface area (Å²) in [4.78, 5) is 25.0. The van der Waals surface area contributed by atoms with Gasteiger partial charge >= 0.3 is 5.97 Å². The maximum Gasteiger partial charge on any atom is 0.343 e. The van der Waals surface area contributed by atoms with Crippen LogP contribution in [-0.4, -0.2) is 26.0 Å². The van der Waals surface area contributed by atoms with Crippen LogP contribution in [0, 0.1) is 0 Å². The summed E-state index contributed by atoms with van der Waals surface area (Å²) < 4.78 is 15.9. The summed E-state index contributed by atoms with van der Waals surface area (Å²) in [5, 5.41) is 0. The summed E-state index contributed by atoms with van der Waals surface area (Å²) >= 11 is 0. The van der Waals surface area contributed by atoms with E-state index in [2.05, 4.69) is 0 Å². The zero-order valence-electron chi connectivity index (χ0n) is 19.4. The summed E-state index contributed by atoms with van der Waals surface area (Å²) in [6.45, 7) is 0. The van der Waals surface area contributed by atoms with Gasteiger partial charge in [0.05, 0.1) is 19.8 Å². The molecule has 0 saturated heterocycles. The third-order valence-electron chi connectivity index (χ3n) is 5.41. The smallest absolute Gasteiger partial charge is 0.343 e. The predicted molar refractivity (Wildman–Crippen MR) is 136 cm³/mol. The third-order valence-corrected chi connectivity index (χ3v) is 5.41. The van der Waals surface area contributed by atoms with E-state index in [-0.39, 0.29) is 5.78 Å². The van der Waals surface area contributed by atoms with Crippen molar-refractivity contribution in [3.8, 4) is 28.4 Å². The average Bonchev–Trinajstić information content (AvgIpc) is 2.92. The van der Waals surface area contributed by atoms with E-state index < -0.39 is 5.97 Å². The largest absolute Gasteiger partial charge is 0.493 e. The first-order valence-electron chi connectivity index (χ1n) is 11.0. The molecule has 0 amide bonds. The van der Waals surface area contributed by atoms with Gasteiger partial charge in [-0.3, -0.25) is 4.79 Å².